The van der Waals surface area contributed by atoms with Gasteiger partial charge in [-0.3, -0.25) is 9.05 Å². The van der Waals surface area contributed by atoms with Crippen LogP contribution in [-0.4, -0.2) is 24.4 Å². The van der Waals surface area contributed by atoms with Crippen LogP contribution in [0.2, 0.25) is 0 Å². The van der Waals surface area contributed by atoms with E-state index in [0.29, 0.717) is 0 Å². The van der Waals surface area contributed by atoms with Gasteiger partial charge in [-0.05, 0) is 0 Å². The van der Waals surface area contributed by atoms with E-state index < -0.39 is 35.1 Å². The highest BCUT2D eigenvalue weighted by molar-refractivity contribution is 7.25. The fourth-order valence-electron chi connectivity index (χ4n) is 0.382. The van der Waals surface area contributed by atoms with E-state index in [4.69, 9.17) is 5.11 Å². The summed E-state index contributed by atoms with van der Waals surface area (Å²) in [6.07, 6.45) is -1.17. The monoisotopic (exact) mass is 216 g/mol. The van der Waals surface area contributed by atoms with E-state index in [1.54, 1.807) is 0 Å². The number of aliphatic hydroxyl groups is 1. The van der Waals surface area contributed by atoms with Crippen LogP contribution in [0.5, 0.6) is 0 Å². The molecule has 0 spiro atoms. The van der Waals surface area contributed by atoms with Gasteiger partial charge in [0.1, 0.15) is 6.10 Å². The lowest BCUT2D eigenvalue weighted by Gasteiger charge is -2.05. The molecule has 0 saturated carbocycles. The first kappa shape index (κ1) is 11.7. The Bertz CT molecular complexity index is 237. The predicted octanol–water partition coefficient (Wildman–Crippen LogP) is 0.556. The second-order valence-corrected chi connectivity index (χ2v) is 3.02. The molecule has 0 fully saturated rings. The molecule has 0 aromatic heterocycles. The maximum atomic E-state index is 9.91. The van der Waals surface area contributed by atoms with Crippen molar-refractivity contribution >= 4 is 15.8 Å². The van der Waals surface area contributed by atoms with E-state index in [9.17, 15) is 18.3 Å². The number of rotatable bonds is 6. The molecule has 0 aliphatic heterocycles. The average Bonchev–Trinajstić information content (AvgIpc) is 1.97. The Labute approximate surface area is 68.5 Å². The SMILES string of the molecule is O=P(=O)OCC(CO)OP(=O)=O. The second-order valence-electron chi connectivity index (χ2n) is 1.65. The van der Waals surface area contributed by atoms with Crippen molar-refractivity contribution in [3.05, 3.63) is 0 Å². The molecule has 0 aliphatic carbocycles. The molecule has 0 aliphatic rings. The maximum Gasteiger partial charge on any atom is 0.468 e. The van der Waals surface area contributed by atoms with Gasteiger partial charge in [-0.1, -0.05) is 0 Å². The molecule has 1 atom stereocenters. The predicted molar refractivity (Wildman–Crippen MR) is 34.5 cm³/mol. The van der Waals surface area contributed by atoms with E-state index in [2.05, 4.69) is 9.05 Å². The van der Waals surface area contributed by atoms with Crippen LogP contribution in [-0.2, 0) is 27.3 Å². The van der Waals surface area contributed by atoms with Crippen molar-refractivity contribution in [1.82, 2.24) is 0 Å². The molecular formula is C3H6O7P2. The minimum Gasteiger partial charge on any atom is -0.394 e. The molecule has 0 radical (unpaired) electrons. The summed E-state index contributed by atoms with van der Waals surface area (Å²) in [6.45, 7) is -1.15. The zero-order valence-corrected chi connectivity index (χ0v) is 7.57. The van der Waals surface area contributed by atoms with E-state index in [0.717, 1.165) is 0 Å². The van der Waals surface area contributed by atoms with E-state index in [1.165, 1.54) is 0 Å². The van der Waals surface area contributed by atoms with E-state index in [1.807, 2.05) is 0 Å². The quantitative estimate of drug-likeness (QED) is 0.646. The van der Waals surface area contributed by atoms with Crippen LogP contribution in [0.15, 0.2) is 0 Å². The Hall–Kier alpha value is -0.320. The summed E-state index contributed by atoms with van der Waals surface area (Å²) in [5.41, 5.74) is 0. The van der Waals surface area contributed by atoms with Crippen LogP contribution in [0, 0.1) is 0 Å². The van der Waals surface area contributed by atoms with Crippen LogP contribution < -0.4 is 0 Å². The van der Waals surface area contributed by atoms with Crippen molar-refractivity contribution < 1.29 is 32.4 Å². The van der Waals surface area contributed by atoms with Gasteiger partial charge in [-0.2, -0.15) is 0 Å². The van der Waals surface area contributed by atoms with Crippen LogP contribution >= 0.6 is 15.8 Å². The number of aliphatic hydroxyl groups excluding tert-OH is 1. The molecule has 0 saturated heterocycles. The Morgan fingerprint density at radius 2 is 1.75 bits per heavy atom. The van der Waals surface area contributed by atoms with E-state index >= 15 is 0 Å². The van der Waals surface area contributed by atoms with Crippen molar-refractivity contribution in [1.29, 1.82) is 0 Å². The van der Waals surface area contributed by atoms with Crippen molar-refractivity contribution in [2.45, 2.75) is 6.10 Å². The topological polar surface area (TPSA) is 107 Å². The molecule has 12 heavy (non-hydrogen) atoms. The maximum absolute atomic E-state index is 9.91. The fraction of sp³-hybridized carbons (Fsp3) is 1.00. The minimum atomic E-state index is -3.11. The highest BCUT2D eigenvalue weighted by Gasteiger charge is 2.11. The lowest BCUT2D eigenvalue weighted by atomic mass is 10.4. The van der Waals surface area contributed by atoms with Gasteiger partial charge < -0.3 is 5.11 Å². The highest BCUT2D eigenvalue weighted by Crippen LogP contribution is 2.13. The first-order chi connectivity index (χ1) is 5.56. The molecule has 9 heteroatoms. The Morgan fingerprint density at radius 3 is 2.08 bits per heavy atom. The Balaban J connectivity index is 3.82. The molecule has 1 N–H and O–H groups in total. The standard InChI is InChI=1S/C3H6O7P2/c4-1-3(10-12(7)8)2-9-11(5)6/h3-4H,1-2H2. The van der Waals surface area contributed by atoms with Gasteiger partial charge in [-0.15, -0.1) is 0 Å². The van der Waals surface area contributed by atoms with Gasteiger partial charge in [0.15, 0.2) is 0 Å². The first-order valence-electron chi connectivity index (χ1n) is 2.75. The third-order valence-electron chi connectivity index (χ3n) is 0.805. The van der Waals surface area contributed by atoms with Crippen LogP contribution in [0.25, 0.3) is 0 Å². The highest BCUT2D eigenvalue weighted by atomic mass is 31.1. The Kier molecular flexibility index (Phi) is 6.06. The average molecular weight is 216 g/mol. The third-order valence-corrected chi connectivity index (χ3v) is 1.63. The minimum absolute atomic E-state index is 0.515. The zero-order chi connectivity index (χ0) is 9.56. The lowest BCUT2D eigenvalue weighted by Crippen LogP contribution is -2.18. The summed E-state index contributed by atoms with van der Waals surface area (Å²) in [6, 6.07) is 0. The van der Waals surface area contributed by atoms with Gasteiger partial charge in [0.05, 0.1) is 13.2 Å². The second kappa shape index (κ2) is 6.22. The molecule has 0 rings (SSSR count). The number of hydrogen-bond acceptors (Lipinski definition) is 7. The van der Waals surface area contributed by atoms with Gasteiger partial charge in [0.2, 0.25) is 0 Å². The largest absolute Gasteiger partial charge is 0.468 e. The van der Waals surface area contributed by atoms with E-state index in [-0.39, 0.29) is 0 Å². The van der Waals surface area contributed by atoms with Crippen molar-refractivity contribution in [2.75, 3.05) is 13.2 Å². The van der Waals surface area contributed by atoms with Gasteiger partial charge in [0.25, 0.3) is 0 Å². The molecule has 0 amide bonds. The summed E-state index contributed by atoms with van der Waals surface area (Å²) >= 11 is 0. The number of hydrogen-bond donors (Lipinski definition) is 1. The molecule has 0 heterocycles. The van der Waals surface area contributed by atoms with Crippen molar-refractivity contribution in [3.8, 4) is 0 Å². The molecule has 7 nitrogen and oxygen atoms in total. The van der Waals surface area contributed by atoms with Crippen LogP contribution in [0.3, 0.4) is 0 Å². The molecule has 70 valence electrons. The van der Waals surface area contributed by atoms with Gasteiger partial charge in [-0.25, -0.2) is 18.3 Å². The lowest BCUT2D eigenvalue weighted by molar-refractivity contribution is 0.0760. The van der Waals surface area contributed by atoms with Crippen molar-refractivity contribution in [3.63, 3.8) is 0 Å². The third kappa shape index (κ3) is 6.39. The normalized spacial score (nSPS) is 12.4. The molecular weight excluding hydrogens is 210 g/mol. The zero-order valence-electron chi connectivity index (χ0n) is 5.78. The summed E-state index contributed by atoms with van der Waals surface area (Å²) < 4.78 is 47.5. The summed E-state index contributed by atoms with van der Waals surface area (Å²) in [4.78, 5) is 0. The fourth-order valence-corrected chi connectivity index (χ4v) is 1.04. The summed E-state index contributed by atoms with van der Waals surface area (Å²) in [7, 11) is -6.17. The molecule has 0 aromatic carbocycles. The van der Waals surface area contributed by atoms with Crippen LogP contribution in [0.1, 0.15) is 0 Å². The molecule has 1 unspecified atom stereocenters. The summed E-state index contributed by atoms with van der Waals surface area (Å²) in [5.74, 6) is 0. The summed E-state index contributed by atoms with van der Waals surface area (Å²) in [5, 5.41) is 8.42. The van der Waals surface area contributed by atoms with Gasteiger partial charge >= 0.3 is 15.8 Å². The van der Waals surface area contributed by atoms with Crippen LogP contribution in [0.4, 0.5) is 0 Å². The van der Waals surface area contributed by atoms with Gasteiger partial charge in [0, 0.05) is 0 Å². The smallest absolute Gasteiger partial charge is 0.394 e. The molecule has 0 bridgehead atoms. The first-order valence-corrected chi connectivity index (χ1v) is 4.94. The Morgan fingerprint density at radius 1 is 1.17 bits per heavy atom. The van der Waals surface area contributed by atoms with Crippen molar-refractivity contribution in [2.24, 2.45) is 0 Å². The molecule has 0 aromatic rings.